The number of ketones is 1. The van der Waals surface area contributed by atoms with Crippen LogP contribution in [0.3, 0.4) is 0 Å². The Morgan fingerprint density at radius 1 is 0.933 bits per heavy atom. The van der Waals surface area contributed by atoms with Crippen molar-refractivity contribution < 1.29 is 4.79 Å². The summed E-state index contributed by atoms with van der Waals surface area (Å²) >= 11 is 0. The Labute approximate surface area is 177 Å². The Balaban J connectivity index is 1.97. The molecular formula is C27H24N2O. The van der Waals surface area contributed by atoms with E-state index in [1.165, 1.54) is 0 Å². The van der Waals surface area contributed by atoms with Crippen LogP contribution in [0.4, 0.5) is 0 Å². The van der Waals surface area contributed by atoms with Crippen LogP contribution >= 0.6 is 0 Å². The monoisotopic (exact) mass is 392 g/mol. The van der Waals surface area contributed by atoms with Crippen molar-refractivity contribution in [3.8, 4) is 11.3 Å². The number of carbonyl (C=O) groups excluding carboxylic acids is 1. The first kappa shape index (κ1) is 19.6. The summed E-state index contributed by atoms with van der Waals surface area (Å²) in [4.78, 5) is 13.7. The van der Waals surface area contributed by atoms with E-state index in [-0.39, 0.29) is 5.78 Å². The molecule has 3 nitrogen and oxygen atoms in total. The van der Waals surface area contributed by atoms with Crippen molar-refractivity contribution >= 4 is 5.78 Å². The van der Waals surface area contributed by atoms with Crippen LogP contribution < -0.4 is 0 Å². The molecule has 4 rings (SSSR count). The summed E-state index contributed by atoms with van der Waals surface area (Å²) < 4.78 is 1.90. The highest BCUT2D eigenvalue weighted by Crippen LogP contribution is 2.33. The molecule has 0 radical (unpaired) electrons. The maximum atomic E-state index is 13.7. The van der Waals surface area contributed by atoms with Gasteiger partial charge in [-0.1, -0.05) is 97.1 Å². The van der Waals surface area contributed by atoms with Crippen LogP contribution in [0.25, 0.3) is 11.3 Å². The standard InChI is InChI=1S/C27H24N2O/c1-3-13-24-20(2)28-29(25(24)21-14-7-4-8-15-21)26(22-16-9-5-10-17-22)27(30)23-18-11-6-12-19-23/h3-12,14-19,26H,1,13H2,2H3. The highest BCUT2D eigenvalue weighted by Gasteiger charge is 2.29. The molecule has 1 atom stereocenters. The Bertz CT molecular complexity index is 1150. The third kappa shape index (κ3) is 3.74. The second kappa shape index (κ2) is 8.75. The zero-order chi connectivity index (χ0) is 20.9. The average Bonchev–Trinajstić information content (AvgIpc) is 3.11. The van der Waals surface area contributed by atoms with Gasteiger partial charge in [-0.25, -0.2) is 4.68 Å². The molecule has 148 valence electrons. The van der Waals surface area contributed by atoms with E-state index in [1.54, 1.807) is 0 Å². The molecule has 0 bridgehead atoms. The number of Topliss-reactive ketones (excluding diaryl/α,β-unsaturated/α-hetero) is 1. The lowest BCUT2D eigenvalue weighted by Gasteiger charge is -2.20. The lowest BCUT2D eigenvalue weighted by Crippen LogP contribution is -2.23. The smallest absolute Gasteiger partial charge is 0.191 e. The predicted octanol–water partition coefficient (Wildman–Crippen LogP) is 6.06. The van der Waals surface area contributed by atoms with Crippen LogP contribution in [0, 0.1) is 6.92 Å². The van der Waals surface area contributed by atoms with Gasteiger partial charge in [-0.15, -0.1) is 6.58 Å². The molecule has 0 saturated carbocycles. The van der Waals surface area contributed by atoms with E-state index in [4.69, 9.17) is 5.10 Å². The molecular weight excluding hydrogens is 368 g/mol. The van der Waals surface area contributed by atoms with Gasteiger partial charge in [-0.2, -0.15) is 5.10 Å². The van der Waals surface area contributed by atoms with E-state index in [0.717, 1.165) is 28.1 Å². The number of nitrogens with zero attached hydrogens (tertiary/aromatic N) is 2. The molecule has 1 heterocycles. The normalized spacial score (nSPS) is 11.8. The first-order chi connectivity index (χ1) is 14.7. The number of benzene rings is 3. The fourth-order valence-electron chi connectivity index (χ4n) is 3.86. The van der Waals surface area contributed by atoms with Gasteiger partial charge in [-0.05, 0) is 18.9 Å². The minimum atomic E-state index is -0.555. The topological polar surface area (TPSA) is 34.9 Å². The first-order valence-electron chi connectivity index (χ1n) is 10.1. The number of carbonyl (C=O) groups is 1. The van der Waals surface area contributed by atoms with E-state index in [1.807, 2.05) is 96.5 Å². The molecule has 3 aromatic carbocycles. The van der Waals surface area contributed by atoms with E-state index in [2.05, 4.69) is 18.7 Å². The quantitative estimate of drug-likeness (QED) is 0.283. The van der Waals surface area contributed by atoms with E-state index in [0.29, 0.717) is 12.0 Å². The van der Waals surface area contributed by atoms with Crippen molar-refractivity contribution in [2.75, 3.05) is 0 Å². The lowest BCUT2D eigenvalue weighted by molar-refractivity contribution is 0.0940. The van der Waals surface area contributed by atoms with Gasteiger partial charge < -0.3 is 0 Å². The molecule has 1 unspecified atom stereocenters. The zero-order valence-corrected chi connectivity index (χ0v) is 17.0. The molecule has 0 amide bonds. The summed E-state index contributed by atoms with van der Waals surface area (Å²) in [6, 6.07) is 28.9. The average molecular weight is 393 g/mol. The molecule has 0 aliphatic rings. The second-order valence-electron chi connectivity index (χ2n) is 7.26. The van der Waals surface area contributed by atoms with Crippen LogP contribution in [-0.4, -0.2) is 15.6 Å². The summed E-state index contributed by atoms with van der Waals surface area (Å²) in [5, 5.41) is 4.88. The number of rotatable bonds is 7. The highest BCUT2D eigenvalue weighted by atomic mass is 16.1. The SMILES string of the molecule is C=CCc1c(C)nn(C(C(=O)c2ccccc2)c2ccccc2)c1-c1ccccc1. The van der Waals surface area contributed by atoms with Crippen molar-refractivity contribution in [1.82, 2.24) is 9.78 Å². The van der Waals surface area contributed by atoms with Crippen LogP contribution in [0.5, 0.6) is 0 Å². The van der Waals surface area contributed by atoms with Gasteiger partial charge in [-0.3, -0.25) is 4.79 Å². The van der Waals surface area contributed by atoms with Crippen LogP contribution in [0.15, 0.2) is 104 Å². The Hall–Kier alpha value is -3.72. The summed E-state index contributed by atoms with van der Waals surface area (Å²) in [6.07, 6.45) is 2.58. The molecule has 0 saturated heterocycles. The van der Waals surface area contributed by atoms with Crippen molar-refractivity contribution in [2.24, 2.45) is 0 Å². The van der Waals surface area contributed by atoms with Gasteiger partial charge in [0.2, 0.25) is 0 Å². The minimum Gasteiger partial charge on any atom is -0.291 e. The van der Waals surface area contributed by atoms with Crippen LogP contribution in [0.1, 0.15) is 33.2 Å². The molecule has 0 N–H and O–H groups in total. The maximum Gasteiger partial charge on any atom is 0.191 e. The van der Waals surface area contributed by atoms with Crippen LogP contribution in [0.2, 0.25) is 0 Å². The van der Waals surface area contributed by atoms with Crippen molar-refractivity contribution in [2.45, 2.75) is 19.4 Å². The summed E-state index contributed by atoms with van der Waals surface area (Å²) in [6.45, 7) is 5.92. The number of allylic oxidation sites excluding steroid dienone is 1. The fourth-order valence-corrected chi connectivity index (χ4v) is 3.86. The number of hydrogen-bond donors (Lipinski definition) is 0. The van der Waals surface area contributed by atoms with Crippen molar-refractivity contribution in [3.05, 3.63) is 126 Å². The molecule has 1 aromatic heterocycles. The maximum absolute atomic E-state index is 13.7. The van der Waals surface area contributed by atoms with E-state index >= 15 is 0 Å². The zero-order valence-electron chi connectivity index (χ0n) is 17.0. The second-order valence-corrected chi connectivity index (χ2v) is 7.26. The highest BCUT2D eigenvalue weighted by molar-refractivity contribution is 6.01. The van der Waals surface area contributed by atoms with Gasteiger partial charge >= 0.3 is 0 Å². The lowest BCUT2D eigenvalue weighted by atomic mass is 9.96. The third-order valence-electron chi connectivity index (χ3n) is 5.27. The van der Waals surface area contributed by atoms with Gasteiger partial charge in [0.05, 0.1) is 11.4 Å². The molecule has 0 aliphatic carbocycles. The molecule has 4 aromatic rings. The van der Waals surface area contributed by atoms with Crippen molar-refractivity contribution in [3.63, 3.8) is 0 Å². The van der Waals surface area contributed by atoms with E-state index < -0.39 is 6.04 Å². The summed E-state index contributed by atoms with van der Waals surface area (Å²) in [7, 11) is 0. The molecule has 0 spiro atoms. The number of aromatic nitrogens is 2. The summed E-state index contributed by atoms with van der Waals surface area (Å²) in [5.41, 5.74) is 5.59. The molecule has 3 heteroatoms. The number of aryl methyl sites for hydroxylation is 1. The minimum absolute atomic E-state index is 0.0200. The van der Waals surface area contributed by atoms with Crippen LogP contribution in [-0.2, 0) is 6.42 Å². The van der Waals surface area contributed by atoms with Gasteiger partial charge in [0, 0.05) is 16.7 Å². The summed E-state index contributed by atoms with van der Waals surface area (Å²) in [5.74, 6) is 0.0200. The largest absolute Gasteiger partial charge is 0.291 e. The Morgan fingerprint density at radius 2 is 1.50 bits per heavy atom. The molecule has 30 heavy (non-hydrogen) atoms. The van der Waals surface area contributed by atoms with Gasteiger partial charge in [0.15, 0.2) is 5.78 Å². The first-order valence-corrected chi connectivity index (χ1v) is 10.1. The Kier molecular flexibility index (Phi) is 5.71. The molecule has 0 aliphatic heterocycles. The fraction of sp³-hybridized carbons (Fsp3) is 0.111. The van der Waals surface area contributed by atoms with Crippen molar-refractivity contribution in [1.29, 1.82) is 0 Å². The molecule has 0 fully saturated rings. The third-order valence-corrected chi connectivity index (χ3v) is 5.27. The predicted molar refractivity (Wildman–Crippen MR) is 122 cm³/mol. The Morgan fingerprint density at radius 3 is 2.10 bits per heavy atom. The van der Waals surface area contributed by atoms with Gasteiger partial charge in [0.1, 0.15) is 6.04 Å². The van der Waals surface area contributed by atoms with Gasteiger partial charge in [0.25, 0.3) is 0 Å². The number of hydrogen-bond acceptors (Lipinski definition) is 2. The van der Waals surface area contributed by atoms with E-state index in [9.17, 15) is 4.79 Å².